The van der Waals surface area contributed by atoms with Crippen molar-refractivity contribution in [2.24, 2.45) is 4.99 Å². The Labute approximate surface area is 180 Å². The lowest BCUT2D eigenvalue weighted by molar-refractivity contribution is 0.134. The molecule has 6 heteroatoms. The number of aliphatic imine (C=N–C) groups is 1. The molecule has 164 valence electrons. The zero-order valence-corrected chi connectivity index (χ0v) is 18.5. The second kappa shape index (κ2) is 12.9. The van der Waals surface area contributed by atoms with Crippen molar-refractivity contribution in [3.8, 4) is 5.75 Å². The Morgan fingerprint density at radius 3 is 2.23 bits per heavy atom. The molecular weight excluding hydrogens is 378 g/mol. The molecule has 2 aromatic carbocycles. The highest BCUT2D eigenvalue weighted by atomic mass is 16.5. The van der Waals surface area contributed by atoms with Crippen LogP contribution in [0.15, 0.2) is 53.5 Å². The summed E-state index contributed by atoms with van der Waals surface area (Å²) >= 11 is 0. The van der Waals surface area contributed by atoms with Gasteiger partial charge in [-0.25, -0.2) is 4.99 Å². The standard InChI is InChI=1S/C24H35N3O3/c1-5-25-24(26-15-19-7-9-20(10-8-19)17-29-6-2)27-16-23(28)21-11-13-22(14-12-21)30-18(3)4/h7-14,18,23,28H,5-6,15-17H2,1-4H3,(H2,25,26,27). The first kappa shape index (κ1) is 23.7. The lowest BCUT2D eigenvalue weighted by Gasteiger charge is -2.16. The number of rotatable bonds is 11. The third-order valence-electron chi connectivity index (χ3n) is 4.36. The minimum atomic E-state index is -0.639. The SMILES string of the molecule is CCNC(=NCc1ccc(COCC)cc1)NCC(O)c1ccc(OC(C)C)cc1. The van der Waals surface area contributed by atoms with E-state index in [1.807, 2.05) is 52.0 Å². The van der Waals surface area contributed by atoms with Gasteiger partial charge in [-0.15, -0.1) is 0 Å². The molecule has 30 heavy (non-hydrogen) atoms. The van der Waals surface area contributed by atoms with Gasteiger partial charge in [0.2, 0.25) is 0 Å². The van der Waals surface area contributed by atoms with Gasteiger partial charge in [-0.2, -0.15) is 0 Å². The Kier molecular flexibility index (Phi) is 10.2. The van der Waals surface area contributed by atoms with Gasteiger partial charge in [-0.05, 0) is 56.5 Å². The summed E-state index contributed by atoms with van der Waals surface area (Å²) < 4.78 is 11.1. The third kappa shape index (κ3) is 8.43. The molecule has 1 atom stereocenters. The molecule has 3 N–H and O–H groups in total. The van der Waals surface area contributed by atoms with Crippen molar-refractivity contribution in [2.75, 3.05) is 19.7 Å². The molecule has 0 amide bonds. The van der Waals surface area contributed by atoms with Crippen LogP contribution < -0.4 is 15.4 Å². The van der Waals surface area contributed by atoms with Gasteiger partial charge in [0.15, 0.2) is 5.96 Å². The number of aliphatic hydroxyl groups is 1. The Bertz CT molecular complexity index is 758. The summed E-state index contributed by atoms with van der Waals surface area (Å²) in [5.74, 6) is 1.48. The van der Waals surface area contributed by atoms with Crippen molar-refractivity contribution >= 4 is 5.96 Å². The predicted octanol–water partition coefficient (Wildman–Crippen LogP) is 3.80. The molecule has 0 bridgehead atoms. The first-order chi connectivity index (χ1) is 14.5. The molecular formula is C24H35N3O3. The normalized spacial score (nSPS) is 12.7. The average molecular weight is 414 g/mol. The Balaban J connectivity index is 1.89. The number of hydrogen-bond acceptors (Lipinski definition) is 4. The largest absolute Gasteiger partial charge is 0.491 e. The zero-order valence-electron chi connectivity index (χ0n) is 18.5. The van der Waals surface area contributed by atoms with Crippen LogP contribution in [0.3, 0.4) is 0 Å². The van der Waals surface area contributed by atoms with Crippen LogP contribution in [-0.4, -0.2) is 36.9 Å². The second-order valence-corrected chi connectivity index (χ2v) is 7.28. The predicted molar refractivity (Wildman–Crippen MR) is 122 cm³/mol. The second-order valence-electron chi connectivity index (χ2n) is 7.28. The maximum atomic E-state index is 10.5. The van der Waals surface area contributed by atoms with E-state index in [9.17, 15) is 5.11 Å². The fourth-order valence-electron chi connectivity index (χ4n) is 2.82. The number of nitrogens with zero attached hydrogens (tertiary/aromatic N) is 1. The summed E-state index contributed by atoms with van der Waals surface area (Å²) in [6, 6.07) is 15.8. The number of guanidine groups is 1. The van der Waals surface area contributed by atoms with Crippen molar-refractivity contribution in [3.05, 3.63) is 65.2 Å². The molecule has 0 heterocycles. The van der Waals surface area contributed by atoms with Gasteiger partial charge >= 0.3 is 0 Å². The topological polar surface area (TPSA) is 75.1 Å². The van der Waals surface area contributed by atoms with E-state index < -0.39 is 6.10 Å². The lowest BCUT2D eigenvalue weighted by Crippen LogP contribution is -2.39. The Morgan fingerprint density at radius 2 is 1.63 bits per heavy atom. The van der Waals surface area contributed by atoms with Crippen molar-refractivity contribution < 1.29 is 14.6 Å². The average Bonchev–Trinajstić information content (AvgIpc) is 2.75. The first-order valence-electron chi connectivity index (χ1n) is 10.6. The molecule has 1 unspecified atom stereocenters. The van der Waals surface area contributed by atoms with Crippen LogP contribution in [0.1, 0.15) is 50.5 Å². The van der Waals surface area contributed by atoms with E-state index in [0.717, 1.165) is 29.0 Å². The molecule has 0 fully saturated rings. The number of ether oxygens (including phenoxy) is 2. The number of hydrogen-bond donors (Lipinski definition) is 3. The molecule has 2 rings (SSSR count). The molecule has 0 aliphatic rings. The minimum Gasteiger partial charge on any atom is -0.491 e. The Hall–Kier alpha value is -2.57. The van der Waals surface area contributed by atoms with Crippen molar-refractivity contribution in [1.29, 1.82) is 0 Å². The van der Waals surface area contributed by atoms with E-state index in [1.165, 1.54) is 0 Å². The van der Waals surface area contributed by atoms with Crippen molar-refractivity contribution in [1.82, 2.24) is 10.6 Å². The third-order valence-corrected chi connectivity index (χ3v) is 4.36. The summed E-state index contributed by atoms with van der Waals surface area (Å²) in [6.45, 7) is 11.0. The van der Waals surface area contributed by atoms with E-state index in [-0.39, 0.29) is 6.10 Å². The van der Waals surface area contributed by atoms with Gasteiger partial charge in [-0.3, -0.25) is 0 Å². The molecule has 0 spiro atoms. The van der Waals surface area contributed by atoms with Crippen molar-refractivity contribution in [3.63, 3.8) is 0 Å². The number of benzene rings is 2. The summed E-state index contributed by atoms with van der Waals surface area (Å²) in [4.78, 5) is 4.62. The van der Waals surface area contributed by atoms with E-state index >= 15 is 0 Å². The van der Waals surface area contributed by atoms with Gasteiger partial charge in [0.1, 0.15) is 5.75 Å². The van der Waals surface area contributed by atoms with Gasteiger partial charge in [0.25, 0.3) is 0 Å². The van der Waals surface area contributed by atoms with Gasteiger partial charge in [-0.1, -0.05) is 36.4 Å². The zero-order chi connectivity index (χ0) is 21.8. The molecule has 0 aliphatic heterocycles. The van der Waals surface area contributed by atoms with Crippen LogP contribution in [0.25, 0.3) is 0 Å². The smallest absolute Gasteiger partial charge is 0.191 e. The van der Waals surface area contributed by atoms with E-state index in [1.54, 1.807) is 0 Å². The first-order valence-corrected chi connectivity index (χ1v) is 10.6. The monoisotopic (exact) mass is 413 g/mol. The Morgan fingerprint density at radius 1 is 0.967 bits per heavy atom. The molecule has 0 aliphatic carbocycles. The van der Waals surface area contributed by atoms with Gasteiger partial charge in [0.05, 0.1) is 25.4 Å². The summed E-state index contributed by atoms with van der Waals surface area (Å²) in [5, 5.41) is 16.9. The van der Waals surface area contributed by atoms with Crippen LogP contribution >= 0.6 is 0 Å². The highest BCUT2D eigenvalue weighted by molar-refractivity contribution is 5.79. The van der Waals surface area contributed by atoms with Crippen LogP contribution in [0, 0.1) is 0 Å². The van der Waals surface area contributed by atoms with E-state index in [4.69, 9.17) is 9.47 Å². The molecule has 0 radical (unpaired) electrons. The summed E-state index contributed by atoms with van der Waals surface area (Å²) in [5.41, 5.74) is 3.11. The highest BCUT2D eigenvalue weighted by Gasteiger charge is 2.09. The summed E-state index contributed by atoms with van der Waals surface area (Å²) in [7, 11) is 0. The van der Waals surface area contributed by atoms with Crippen LogP contribution in [0.2, 0.25) is 0 Å². The molecule has 6 nitrogen and oxygen atoms in total. The van der Waals surface area contributed by atoms with Gasteiger partial charge in [0, 0.05) is 19.7 Å². The van der Waals surface area contributed by atoms with Crippen LogP contribution in [-0.2, 0) is 17.9 Å². The minimum absolute atomic E-state index is 0.127. The summed E-state index contributed by atoms with van der Waals surface area (Å²) in [6.07, 6.45) is -0.512. The molecule has 2 aromatic rings. The molecule has 0 aromatic heterocycles. The van der Waals surface area contributed by atoms with Crippen LogP contribution in [0.4, 0.5) is 0 Å². The highest BCUT2D eigenvalue weighted by Crippen LogP contribution is 2.18. The van der Waals surface area contributed by atoms with Crippen LogP contribution in [0.5, 0.6) is 5.75 Å². The maximum absolute atomic E-state index is 10.5. The quantitative estimate of drug-likeness (QED) is 0.386. The number of nitrogens with one attached hydrogen (secondary N) is 2. The molecule has 0 saturated heterocycles. The lowest BCUT2D eigenvalue weighted by atomic mass is 10.1. The van der Waals surface area contributed by atoms with E-state index in [0.29, 0.717) is 32.3 Å². The fourth-order valence-corrected chi connectivity index (χ4v) is 2.82. The maximum Gasteiger partial charge on any atom is 0.191 e. The van der Waals surface area contributed by atoms with E-state index in [2.05, 4.69) is 39.9 Å². The fraction of sp³-hybridized carbons (Fsp3) is 0.458. The van der Waals surface area contributed by atoms with Crippen molar-refractivity contribution in [2.45, 2.75) is 53.1 Å². The van der Waals surface area contributed by atoms with Gasteiger partial charge < -0.3 is 25.2 Å². The number of aliphatic hydroxyl groups excluding tert-OH is 1. The molecule has 0 saturated carbocycles.